The van der Waals surface area contributed by atoms with E-state index in [1.165, 1.54) is 25.1 Å². The van der Waals surface area contributed by atoms with E-state index in [1.54, 1.807) is 31.2 Å². The number of ether oxygens (including phenoxy) is 3. The van der Waals surface area contributed by atoms with Crippen molar-refractivity contribution in [3.63, 3.8) is 0 Å². The van der Waals surface area contributed by atoms with Gasteiger partial charge in [-0.1, -0.05) is 24.3 Å². The van der Waals surface area contributed by atoms with Gasteiger partial charge in [0, 0.05) is 16.9 Å². The first kappa shape index (κ1) is 23.7. The fourth-order valence-electron chi connectivity index (χ4n) is 2.79. The van der Waals surface area contributed by atoms with Gasteiger partial charge in [0.1, 0.15) is 13.2 Å². The van der Waals surface area contributed by atoms with Gasteiger partial charge in [-0.3, -0.25) is 4.79 Å². The number of anilines is 2. The molecular formula is C22H25N2O7-. The van der Waals surface area contributed by atoms with Crippen molar-refractivity contribution in [3.05, 3.63) is 59.2 Å². The Morgan fingerprint density at radius 2 is 1.55 bits per heavy atom. The van der Waals surface area contributed by atoms with Crippen LogP contribution in [0.3, 0.4) is 0 Å². The van der Waals surface area contributed by atoms with E-state index in [0.29, 0.717) is 5.69 Å². The molecule has 0 heterocycles. The van der Waals surface area contributed by atoms with Gasteiger partial charge in [0.25, 0.3) is 0 Å². The first-order valence-electron chi connectivity index (χ1n) is 9.59. The molecule has 0 spiro atoms. The van der Waals surface area contributed by atoms with Gasteiger partial charge >= 0.3 is 11.9 Å². The highest BCUT2D eigenvalue weighted by Gasteiger charge is 2.23. The minimum atomic E-state index is -1.44. The van der Waals surface area contributed by atoms with Gasteiger partial charge < -0.3 is 35.6 Å². The second-order valence-corrected chi connectivity index (χ2v) is 6.85. The second-order valence-electron chi connectivity index (χ2n) is 6.85. The summed E-state index contributed by atoms with van der Waals surface area (Å²) in [5.74, 6) is -3.69. The van der Waals surface area contributed by atoms with E-state index in [4.69, 9.17) is 25.7 Å². The molecule has 0 aliphatic carbocycles. The van der Waals surface area contributed by atoms with Crippen LogP contribution in [0, 0.1) is 0 Å². The Morgan fingerprint density at radius 3 is 2.16 bits per heavy atom. The van der Waals surface area contributed by atoms with Crippen LogP contribution in [-0.4, -0.2) is 37.2 Å². The maximum atomic E-state index is 12.3. The van der Waals surface area contributed by atoms with E-state index in [-0.39, 0.29) is 36.6 Å². The molecule has 0 saturated carbocycles. The molecule has 2 atom stereocenters. The molecule has 0 bridgehead atoms. The number of rotatable bonds is 10. The molecular weight excluding hydrogens is 404 g/mol. The highest BCUT2D eigenvalue weighted by atomic mass is 16.6. The lowest BCUT2D eigenvalue weighted by Gasteiger charge is -2.18. The summed E-state index contributed by atoms with van der Waals surface area (Å²) in [6.45, 7) is 2.85. The number of carbonyl (C=O) groups excluding carboxylic acids is 3. The molecule has 2 aromatic rings. The summed E-state index contributed by atoms with van der Waals surface area (Å²) >= 11 is 0. The largest absolute Gasteiger partial charge is 0.545 e. The summed E-state index contributed by atoms with van der Waals surface area (Å²) in [5.41, 5.74) is 13.0. The van der Waals surface area contributed by atoms with Crippen molar-refractivity contribution in [1.29, 1.82) is 0 Å². The summed E-state index contributed by atoms with van der Waals surface area (Å²) < 4.78 is 15.6. The number of benzene rings is 2. The third kappa shape index (κ3) is 6.71. The van der Waals surface area contributed by atoms with E-state index in [0.717, 1.165) is 5.56 Å². The Kier molecular flexibility index (Phi) is 8.39. The number of hydrogen-bond donors (Lipinski definition) is 2. The van der Waals surface area contributed by atoms with E-state index >= 15 is 0 Å². The molecule has 0 aliphatic heterocycles. The Bertz CT molecular complexity index is 928. The smallest absolute Gasteiger partial charge is 0.335 e. The van der Waals surface area contributed by atoms with Crippen molar-refractivity contribution in [2.45, 2.75) is 32.5 Å². The van der Waals surface area contributed by atoms with Crippen LogP contribution in [-0.2, 0) is 30.4 Å². The first-order chi connectivity index (χ1) is 14.7. The third-order valence-corrected chi connectivity index (χ3v) is 4.53. The average Bonchev–Trinajstić information content (AvgIpc) is 2.75. The van der Waals surface area contributed by atoms with E-state index in [9.17, 15) is 19.5 Å². The zero-order valence-corrected chi connectivity index (χ0v) is 17.3. The van der Waals surface area contributed by atoms with Gasteiger partial charge in [-0.15, -0.1) is 0 Å². The number of nitrogens with two attached hydrogens (primary N) is 2. The molecule has 2 rings (SSSR count). The SMILES string of the molecule is CC(OCc1ccc(N)cc1)C(=O)OCCOC(=O)C(C)c1c(N)cccc1C(=O)[O-]. The van der Waals surface area contributed by atoms with Crippen LogP contribution in [0.4, 0.5) is 11.4 Å². The molecule has 2 aromatic carbocycles. The number of esters is 2. The molecule has 0 fully saturated rings. The Balaban J connectivity index is 1.77. The molecule has 0 aromatic heterocycles. The Morgan fingerprint density at radius 1 is 0.935 bits per heavy atom. The molecule has 4 N–H and O–H groups in total. The molecule has 0 amide bonds. The van der Waals surface area contributed by atoms with E-state index < -0.39 is 29.9 Å². The molecule has 0 saturated heterocycles. The van der Waals surface area contributed by atoms with Crippen molar-refractivity contribution in [2.24, 2.45) is 0 Å². The lowest BCUT2D eigenvalue weighted by Crippen LogP contribution is -2.27. The van der Waals surface area contributed by atoms with Gasteiger partial charge in [-0.25, -0.2) is 4.79 Å². The van der Waals surface area contributed by atoms with Crippen LogP contribution < -0.4 is 16.6 Å². The minimum Gasteiger partial charge on any atom is -0.545 e. The molecule has 2 unspecified atom stereocenters. The number of hydrogen-bond acceptors (Lipinski definition) is 9. The summed E-state index contributed by atoms with van der Waals surface area (Å²) in [6.07, 6.45) is -0.818. The molecule has 0 radical (unpaired) electrons. The minimum absolute atomic E-state index is 0.120. The molecule has 0 aliphatic rings. The lowest BCUT2D eigenvalue weighted by molar-refractivity contribution is -0.255. The van der Waals surface area contributed by atoms with E-state index in [2.05, 4.69) is 0 Å². The molecule has 9 heteroatoms. The summed E-state index contributed by atoms with van der Waals surface area (Å²) in [7, 11) is 0. The van der Waals surface area contributed by atoms with Gasteiger partial charge in [-0.2, -0.15) is 0 Å². The maximum absolute atomic E-state index is 12.3. The zero-order chi connectivity index (χ0) is 23.0. The van der Waals surface area contributed by atoms with Crippen molar-refractivity contribution >= 4 is 29.3 Å². The second kappa shape index (κ2) is 11.0. The van der Waals surface area contributed by atoms with Crippen LogP contribution in [0.15, 0.2) is 42.5 Å². The van der Waals surface area contributed by atoms with Gasteiger partial charge in [0.05, 0.1) is 18.5 Å². The normalized spacial score (nSPS) is 12.6. The van der Waals surface area contributed by atoms with E-state index in [1.807, 2.05) is 0 Å². The summed E-state index contributed by atoms with van der Waals surface area (Å²) in [4.78, 5) is 35.5. The van der Waals surface area contributed by atoms with Crippen molar-refractivity contribution in [1.82, 2.24) is 0 Å². The van der Waals surface area contributed by atoms with Gasteiger partial charge in [0.2, 0.25) is 0 Å². The van der Waals surface area contributed by atoms with Crippen LogP contribution in [0.2, 0.25) is 0 Å². The predicted molar refractivity (Wildman–Crippen MR) is 111 cm³/mol. The topological polar surface area (TPSA) is 154 Å². The standard InChI is InChI=1S/C22H26N2O7/c1-13(19-17(20(25)26)4-3-5-18(19)24)21(27)29-10-11-30-22(28)14(2)31-12-15-6-8-16(23)9-7-15/h3-9,13-14H,10-12,23-24H2,1-2H3,(H,25,26)/p-1. The quantitative estimate of drug-likeness (QED) is 0.320. The number of carbonyl (C=O) groups is 3. The zero-order valence-electron chi connectivity index (χ0n) is 17.3. The van der Waals surface area contributed by atoms with Crippen molar-refractivity contribution in [2.75, 3.05) is 24.7 Å². The molecule has 31 heavy (non-hydrogen) atoms. The average molecular weight is 429 g/mol. The summed E-state index contributed by atoms with van der Waals surface area (Å²) in [5, 5.41) is 11.3. The highest BCUT2D eigenvalue weighted by Crippen LogP contribution is 2.27. The first-order valence-corrected chi connectivity index (χ1v) is 9.59. The number of carboxylic acid groups (broad SMARTS) is 1. The lowest BCUT2D eigenvalue weighted by atomic mass is 9.94. The summed E-state index contributed by atoms with van der Waals surface area (Å²) in [6, 6.07) is 11.3. The van der Waals surface area contributed by atoms with Gasteiger partial charge in [0.15, 0.2) is 6.10 Å². The van der Waals surface area contributed by atoms with Crippen LogP contribution in [0.25, 0.3) is 0 Å². The fraction of sp³-hybridized carbons (Fsp3) is 0.318. The number of aromatic carboxylic acids is 1. The molecule has 9 nitrogen and oxygen atoms in total. The third-order valence-electron chi connectivity index (χ3n) is 4.53. The predicted octanol–water partition coefficient (Wildman–Crippen LogP) is 1.01. The number of carboxylic acids is 1. The van der Waals surface area contributed by atoms with Crippen LogP contribution in [0.5, 0.6) is 0 Å². The highest BCUT2D eigenvalue weighted by molar-refractivity contribution is 5.93. The van der Waals surface area contributed by atoms with Crippen LogP contribution in [0.1, 0.15) is 41.3 Å². The Labute approximate surface area is 179 Å². The Hall–Kier alpha value is -3.59. The number of nitrogen functional groups attached to an aromatic ring is 2. The van der Waals surface area contributed by atoms with Gasteiger partial charge in [-0.05, 0) is 43.2 Å². The fourth-order valence-corrected chi connectivity index (χ4v) is 2.79. The molecule has 166 valence electrons. The van der Waals surface area contributed by atoms with Crippen LogP contribution >= 0.6 is 0 Å². The van der Waals surface area contributed by atoms with Crippen molar-refractivity contribution in [3.8, 4) is 0 Å². The monoisotopic (exact) mass is 429 g/mol. The maximum Gasteiger partial charge on any atom is 0.335 e. The van der Waals surface area contributed by atoms with Crippen molar-refractivity contribution < 1.29 is 33.7 Å².